The van der Waals surface area contributed by atoms with Crippen LogP contribution in [0.2, 0.25) is 0 Å². The van der Waals surface area contributed by atoms with Gasteiger partial charge in [0, 0.05) is 50.9 Å². The van der Waals surface area contributed by atoms with Crippen LogP contribution in [-0.2, 0) is 13.1 Å². The summed E-state index contributed by atoms with van der Waals surface area (Å²) in [5.74, 6) is 3.49. The van der Waals surface area contributed by atoms with Gasteiger partial charge in [0.2, 0.25) is 0 Å². The summed E-state index contributed by atoms with van der Waals surface area (Å²) < 4.78 is 2.26. The molecule has 2 aliphatic rings. The lowest BCUT2D eigenvalue weighted by Gasteiger charge is -2.32. The van der Waals surface area contributed by atoms with Crippen molar-refractivity contribution in [1.29, 1.82) is 0 Å². The number of hydrogen-bond donors (Lipinski definition) is 1. The Morgan fingerprint density at radius 3 is 2.69 bits per heavy atom. The number of fused-ring (bicyclic) bond motifs is 1. The molecule has 4 heterocycles. The number of likely N-dealkylation sites (tertiary alicyclic amines) is 1. The molecule has 0 saturated carbocycles. The number of nitrogens with zero attached hydrogens (tertiary/aromatic N) is 6. The van der Waals surface area contributed by atoms with Crippen LogP contribution < -0.4 is 10.2 Å². The molecule has 0 atom stereocenters. The van der Waals surface area contributed by atoms with Crippen LogP contribution in [0.25, 0.3) is 0 Å². The fraction of sp³-hybridized carbons (Fsp3) is 0.619. The van der Waals surface area contributed by atoms with Crippen molar-refractivity contribution in [1.82, 2.24) is 30.0 Å². The SMILES string of the molecule is CCN(c1ccc(C(=O)N2CCC(c3nnc4n3CCNC4)CC2)cn1)C(C)C. The summed E-state index contributed by atoms with van der Waals surface area (Å²) in [5.41, 5.74) is 0.665. The topological polar surface area (TPSA) is 79.2 Å². The van der Waals surface area contributed by atoms with Crippen molar-refractivity contribution in [2.45, 2.75) is 58.7 Å². The number of carbonyl (C=O) groups excluding carboxylic acids is 1. The van der Waals surface area contributed by atoms with Crippen LogP contribution in [0.4, 0.5) is 5.82 Å². The predicted octanol–water partition coefficient (Wildman–Crippen LogP) is 2.03. The second-order valence-corrected chi connectivity index (χ2v) is 8.15. The van der Waals surface area contributed by atoms with E-state index in [1.165, 1.54) is 0 Å². The first-order chi connectivity index (χ1) is 14.1. The van der Waals surface area contributed by atoms with Gasteiger partial charge in [0.1, 0.15) is 17.5 Å². The quantitative estimate of drug-likeness (QED) is 0.832. The number of pyridine rings is 1. The smallest absolute Gasteiger partial charge is 0.255 e. The number of rotatable bonds is 5. The Kier molecular flexibility index (Phi) is 5.80. The van der Waals surface area contributed by atoms with E-state index in [0.29, 0.717) is 17.5 Å². The Labute approximate surface area is 172 Å². The Bertz CT molecular complexity index is 837. The van der Waals surface area contributed by atoms with Crippen LogP contribution in [0.3, 0.4) is 0 Å². The lowest BCUT2D eigenvalue weighted by molar-refractivity contribution is 0.0709. The predicted molar refractivity (Wildman–Crippen MR) is 112 cm³/mol. The molecule has 0 spiro atoms. The van der Waals surface area contributed by atoms with Gasteiger partial charge in [-0.3, -0.25) is 4.79 Å². The average Bonchev–Trinajstić information content (AvgIpc) is 3.18. The van der Waals surface area contributed by atoms with Gasteiger partial charge in [-0.25, -0.2) is 4.98 Å². The van der Waals surface area contributed by atoms with Gasteiger partial charge in [0.05, 0.1) is 12.1 Å². The molecule has 2 aliphatic heterocycles. The summed E-state index contributed by atoms with van der Waals surface area (Å²) in [6.45, 7) is 11.5. The Morgan fingerprint density at radius 1 is 1.24 bits per heavy atom. The standard InChI is InChI=1S/C21H31N7O/c1-4-27(15(2)3)18-6-5-17(13-23-18)21(29)26-10-7-16(8-11-26)20-25-24-19-14-22-9-12-28(19)20/h5-6,13,15-16,22H,4,7-12,14H2,1-3H3. The maximum Gasteiger partial charge on any atom is 0.255 e. The van der Waals surface area contributed by atoms with Gasteiger partial charge in [-0.2, -0.15) is 0 Å². The molecule has 0 aromatic carbocycles. The highest BCUT2D eigenvalue weighted by Gasteiger charge is 2.29. The molecule has 29 heavy (non-hydrogen) atoms. The van der Waals surface area contributed by atoms with E-state index in [-0.39, 0.29) is 5.91 Å². The minimum atomic E-state index is 0.0718. The summed E-state index contributed by atoms with van der Waals surface area (Å²) in [6, 6.07) is 4.25. The fourth-order valence-electron chi connectivity index (χ4n) is 4.41. The summed E-state index contributed by atoms with van der Waals surface area (Å²) in [6.07, 6.45) is 3.58. The Balaban J connectivity index is 1.38. The van der Waals surface area contributed by atoms with E-state index in [9.17, 15) is 4.79 Å². The van der Waals surface area contributed by atoms with Crippen molar-refractivity contribution in [2.24, 2.45) is 0 Å². The van der Waals surface area contributed by atoms with Crippen molar-refractivity contribution in [3.63, 3.8) is 0 Å². The molecule has 156 valence electrons. The number of anilines is 1. The molecule has 1 fully saturated rings. The van der Waals surface area contributed by atoms with E-state index in [1.807, 2.05) is 17.0 Å². The van der Waals surface area contributed by atoms with Crippen molar-refractivity contribution in [3.8, 4) is 0 Å². The van der Waals surface area contributed by atoms with Gasteiger partial charge >= 0.3 is 0 Å². The molecule has 8 heteroatoms. The van der Waals surface area contributed by atoms with Gasteiger partial charge in [-0.15, -0.1) is 10.2 Å². The summed E-state index contributed by atoms with van der Waals surface area (Å²) in [5, 5.41) is 12.1. The molecule has 8 nitrogen and oxygen atoms in total. The number of amides is 1. The van der Waals surface area contributed by atoms with Crippen molar-refractivity contribution < 1.29 is 4.79 Å². The molecule has 1 N–H and O–H groups in total. The summed E-state index contributed by atoms with van der Waals surface area (Å²) in [4.78, 5) is 21.6. The maximum atomic E-state index is 12.9. The van der Waals surface area contributed by atoms with Crippen LogP contribution >= 0.6 is 0 Å². The minimum absolute atomic E-state index is 0.0718. The lowest BCUT2D eigenvalue weighted by Crippen LogP contribution is -2.39. The molecule has 0 aliphatic carbocycles. The zero-order chi connectivity index (χ0) is 20.4. The average molecular weight is 398 g/mol. The van der Waals surface area contributed by atoms with Gasteiger partial charge in [0.15, 0.2) is 0 Å². The first-order valence-corrected chi connectivity index (χ1v) is 10.7. The Morgan fingerprint density at radius 2 is 2.03 bits per heavy atom. The van der Waals surface area contributed by atoms with Gasteiger partial charge < -0.3 is 19.7 Å². The van der Waals surface area contributed by atoms with E-state index in [4.69, 9.17) is 0 Å². The number of nitrogens with one attached hydrogen (secondary N) is 1. The first-order valence-electron chi connectivity index (χ1n) is 10.7. The molecule has 0 unspecified atom stereocenters. The highest BCUT2D eigenvalue weighted by atomic mass is 16.2. The molecular weight excluding hydrogens is 366 g/mol. The number of aromatic nitrogens is 4. The molecule has 1 amide bonds. The summed E-state index contributed by atoms with van der Waals surface area (Å²) in [7, 11) is 0. The van der Waals surface area contributed by atoms with Crippen LogP contribution in [0.5, 0.6) is 0 Å². The zero-order valence-corrected chi connectivity index (χ0v) is 17.6. The van der Waals surface area contributed by atoms with Crippen molar-refractivity contribution in [3.05, 3.63) is 35.5 Å². The van der Waals surface area contributed by atoms with E-state index in [1.54, 1.807) is 6.20 Å². The minimum Gasteiger partial charge on any atom is -0.354 e. The van der Waals surface area contributed by atoms with Gasteiger partial charge in [-0.05, 0) is 45.7 Å². The van der Waals surface area contributed by atoms with Crippen LogP contribution in [0.15, 0.2) is 18.3 Å². The second kappa shape index (κ2) is 8.49. The van der Waals surface area contributed by atoms with E-state index in [2.05, 4.69) is 50.7 Å². The highest BCUT2D eigenvalue weighted by Crippen LogP contribution is 2.28. The number of piperidine rings is 1. The third kappa shape index (κ3) is 3.99. The van der Waals surface area contributed by atoms with Crippen LogP contribution in [-0.4, -0.2) is 62.8 Å². The summed E-state index contributed by atoms with van der Waals surface area (Å²) >= 11 is 0. The Hall–Kier alpha value is -2.48. The third-order valence-electron chi connectivity index (χ3n) is 6.05. The number of carbonyl (C=O) groups is 1. The zero-order valence-electron chi connectivity index (χ0n) is 17.6. The fourth-order valence-corrected chi connectivity index (χ4v) is 4.41. The molecule has 4 rings (SSSR count). The third-order valence-corrected chi connectivity index (χ3v) is 6.05. The highest BCUT2D eigenvalue weighted by molar-refractivity contribution is 5.94. The number of hydrogen-bond acceptors (Lipinski definition) is 6. The monoisotopic (exact) mass is 397 g/mol. The van der Waals surface area contributed by atoms with Crippen molar-refractivity contribution >= 4 is 11.7 Å². The van der Waals surface area contributed by atoms with Crippen LogP contribution in [0, 0.1) is 0 Å². The molecule has 2 aromatic heterocycles. The van der Waals surface area contributed by atoms with Crippen LogP contribution in [0.1, 0.15) is 61.5 Å². The van der Waals surface area contributed by atoms with E-state index in [0.717, 1.165) is 69.6 Å². The second-order valence-electron chi connectivity index (χ2n) is 8.15. The first kappa shape index (κ1) is 19.8. The molecule has 0 bridgehead atoms. The molecule has 0 radical (unpaired) electrons. The molecular formula is C21H31N7O. The normalized spacial score (nSPS) is 17.4. The molecule has 2 aromatic rings. The van der Waals surface area contributed by atoms with E-state index < -0.39 is 0 Å². The van der Waals surface area contributed by atoms with Gasteiger partial charge in [-0.1, -0.05) is 0 Å². The lowest BCUT2D eigenvalue weighted by atomic mass is 9.95. The van der Waals surface area contributed by atoms with Gasteiger partial charge in [0.25, 0.3) is 5.91 Å². The van der Waals surface area contributed by atoms with E-state index >= 15 is 0 Å². The maximum absolute atomic E-state index is 12.9. The van der Waals surface area contributed by atoms with Crippen molar-refractivity contribution in [2.75, 3.05) is 31.1 Å². The largest absolute Gasteiger partial charge is 0.354 e. The molecule has 1 saturated heterocycles.